The van der Waals surface area contributed by atoms with Crippen LogP contribution in [0.15, 0.2) is 0 Å². The maximum absolute atomic E-state index is 8.09. The van der Waals surface area contributed by atoms with Gasteiger partial charge in [-0.25, -0.2) is 0 Å². The first-order valence-corrected chi connectivity index (χ1v) is 2.05. The molecule has 0 aromatic carbocycles. The van der Waals surface area contributed by atoms with Crippen molar-refractivity contribution >= 4 is 0 Å². The predicted molar refractivity (Wildman–Crippen MR) is 24.5 cm³/mol. The second-order valence-electron chi connectivity index (χ2n) is 1.36. The molecule has 0 amide bonds. The standard InChI is InChI=1S/C3H9NO4/c5-2-4-1-3(6,7)8/h4-8H,1-2H2. The van der Waals surface area contributed by atoms with Crippen molar-refractivity contribution in [2.24, 2.45) is 0 Å². The van der Waals surface area contributed by atoms with Crippen molar-refractivity contribution < 1.29 is 20.4 Å². The molecule has 0 aliphatic rings. The largest absolute Gasteiger partial charge is 0.381 e. The molecule has 5 nitrogen and oxygen atoms in total. The summed E-state index contributed by atoms with van der Waals surface area (Å²) in [5, 5.41) is 34.3. The minimum absolute atomic E-state index is 0.399. The molecule has 0 aliphatic heterocycles. The molecule has 0 aromatic rings. The fourth-order valence-corrected chi connectivity index (χ4v) is 0.224. The van der Waals surface area contributed by atoms with Crippen LogP contribution in [0.1, 0.15) is 0 Å². The van der Waals surface area contributed by atoms with E-state index in [2.05, 4.69) is 5.32 Å². The van der Waals surface area contributed by atoms with Gasteiger partial charge in [-0.1, -0.05) is 0 Å². The van der Waals surface area contributed by atoms with Crippen LogP contribution in [0.2, 0.25) is 0 Å². The minimum atomic E-state index is -2.72. The van der Waals surface area contributed by atoms with Gasteiger partial charge < -0.3 is 20.4 Å². The van der Waals surface area contributed by atoms with Gasteiger partial charge in [0.2, 0.25) is 0 Å². The summed E-state index contributed by atoms with van der Waals surface area (Å²) in [5.74, 6) is -2.72. The number of hydrogen-bond acceptors (Lipinski definition) is 5. The van der Waals surface area contributed by atoms with Crippen molar-refractivity contribution in [1.82, 2.24) is 5.32 Å². The Hall–Kier alpha value is -0.200. The van der Waals surface area contributed by atoms with Crippen LogP contribution in [0, 0.1) is 0 Å². The lowest BCUT2D eigenvalue weighted by atomic mass is 10.5. The molecule has 0 saturated carbocycles. The molecular formula is C3H9NO4. The maximum Gasteiger partial charge on any atom is 0.288 e. The van der Waals surface area contributed by atoms with Crippen LogP contribution in [0.25, 0.3) is 0 Å². The van der Waals surface area contributed by atoms with Crippen LogP contribution < -0.4 is 5.32 Å². The normalized spacial score (nSPS) is 12.0. The Morgan fingerprint density at radius 2 is 1.75 bits per heavy atom. The SMILES string of the molecule is OCNCC(O)(O)O. The number of hydrogen-bond donors (Lipinski definition) is 5. The smallest absolute Gasteiger partial charge is 0.288 e. The third-order valence-corrected chi connectivity index (χ3v) is 0.474. The van der Waals surface area contributed by atoms with E-state index in [0.717, 1.165) is 0 Å². The molecule has 0 rings (SSSR count). The van der Waals surface area contributed by atoms with Crippen molar-refractivity contribution in [3.05, 3.63) is 0 Å². The number of nitrogens with one attached hydrogen (secondary N) is 1. The van der Waals surface area contributed by atoms with E-state index in [0.29, 0.717) is 0 Å². The van der Waals surface area contributed by atoms with Gasteiger partial charge in [-0.15, -0.1) is 0 Å². The van der Waals surface area contributed by atoms with E-state index in [4.69, 9.17) is 20.4 Å². The van der Waals surface area contributed by atoms with Crippen molar-refractivity contribution in [1.29, 1.82) is 0 Å². The summed E-state index contributed by atoms with van der Waals surface area (Å²) in [4.78, 5) is 0. The minimum Gasteiger partial charge on any atom is -0.381 e. The van der Waals surface area contributed by atoms with E-state index in [1.807, 2.05) is 0 Å². The first-order valence-electron chi connectivity index (χ1n) is 2.05. The Morgan fingerprint density at radius 1 is 1.25 bits per heavy atom. The van der Waals surface area contributed by atoms with Gasteiger partial charge in [0, 0.05) is 0 Å². The van der Waals surface area contributed by atoms with Gasteiger partial charge in [0.1, 0.15) is 0 Å². The van der Waals surface area contributed by atoms with Crippen LogP contribution in [-0.4, -0.2) is 39.7 Å². The second kappa shape index (κ2) is 2.95. The summed E-state index contributed by atoms with van der Waals surface area (Å²) in [6, 6.07) is 0. The van der Waals surface area contributed by atoms with Gasteiger partial charge in [0.15, 0.2) is 0 Å². The predicted octanol–water partition coefficient (Wildman–Crippen LogP) is -2.84. The first-order chi connectivity index (χ1) is 3.56. The summed E-state index contributed by atoms with van der Waals surface area (Å²) in [5.41, 5.74) is 0. The zero-order valence-corrected chi connectivity index (χ0v) is 4.20. The highest BCUT2D eigenvalue weighted by Crippen LogP contribution is 1.85. The van der Waals surface area contributed by atoms with E-state index in [9.17, 15) is 0 Å². The fourth-order valence-electron chi connectivity index (χ4n) is 0.224. The van der Waals surface area contributed by atoms with Crippen LogP contribution in [-0.2, 0) is 0 Å². The molecule has 5 N–H and O–H groups in total. The Labute approximate surface area is 46.2 Å². The molecule has 0 spiro atoms. The van der Waals surface area contributed by atoms with Crippen LogP contribution in [0.5, 0.6) is 0 Å². The van der Waals surface area contributed by atoms with Crippen molar-refractivity contribution in [2.45, 2.75) is 5.97 Å². The molecule has 0 heterocycles. The second-order valence-corrected chi connectivity index (χ2v) is 1.36. The van der Waals surface area contributed by atoms with E-state index >= 15 is 0 Å². The van der Waals surface area contributed by atoms with E-state index in [-0.39, 0.29) is 0 Å². The molecule has 0 unspecified atom stereocenters. The topological polar surface area (TPSA) is 93.0 Å². The zero-order chi connectivity index (χ0) is 6.62. The Morgan fingerprint density at radius 3 is 1.88 bits per heavy atom. The van der Waals surface area contributed by atoms with E-state index in [1.165, 1.54) is 0 Å². The van der Waals surface area contributed by atoms with Crippen LogP contribution in [0.4, 0.5) is 0 Å². The summed E-state index contributed by atoms with van der Waals surface area (Å²) >= 11 is 0. The zero-order valence-electron chi connectivity index (χ0n) is 4.20. The van der Waals surface area contributed by atoms with Gasteiger partial charge in [-0.3, -0.25) is 5.32 Å². The molecule has 5 heteroatoms. The summed E-state index contributed by atoms with van der Waals surface area (Å²) in [6.45, 7) is -0.868. The van der Waals surface area contributed by atoms with Crippen molar-refractivity contribution in [2.75, 3.05) is 13.3 Å². The lowest BCUT2D eigenvalue weighted by Gasteiger charge is -2.12. The van der Waals surface area contributed by atoms with Crippen LogP contribution in [0.3, 0.4) is 0 Å². The van der Waals surface area contributed by atoms with Gasteiger partial charge in [0.25, 0.3) is 5.97 Å². The molecule has 8 heavy (non-hydrogen) atoms. The molecule has 0 aliphatic carbocycles. The fraction of sp³-hybridized carbons (Fsp3) is 1.00. The molecule has 0 aromatic heterocycles. The molecule has 0 atom stereocenters. The van der Waals surface area contributed by atoms with Crippen molar-refractivity contribution in [3.63, 3.8) is 0 Å². The quantitative estimate of drug-likeness (QED) is 0.261. The highest BCUT2D eigenvalue weighted by atomic mass is 16.7. The molecular weight excluding hydrogens is 114 g/mol. The van der Waals surface area contributed by atoms with Gasteiger partial charge in [-0.05, 0) is 0 Å². The third-order valence-electron chi connectivity index (χ3n) is 0.474. The average Bonchev–Trinajstić information content (AvgIpc) is 1.59. The molecule has 0 bridgehead atoms. The molecule has 50 valence electrons. The number of aliphatic hydroxyl groups is 4. The third kappa shape index (κ3) is 5.80. The highest BCUT2D eigenvalue weighted by molar-refractivity contribution is 4.47. The lowest BCUT2D eigenvalue weighted by molar-refractivity contribution is -0.307. The number of rotatable bonds is 3. The van der Waals surface area contributed by atoms with E-state index in [1.54, 1.807) is 0 Å². The average molecular weight is 123 g/mol. The Kier molecular flexibility index (Phi) is 2.88. The Bertz CT molecular complexity index is 58.8. The highest BCUT2D eigenvalue weighted by Gasteiger charge is 2.15. The van der Waals surface area contributed by atoms with Gasteiger partial charge in [-0.2, -0.15) is 0 Å². The summed E-state index contributed by atoms with van der Waals surface area (Å²) < 4.78 is 0. The molecule has 0 fully saturated rings. The first kappa shape index (κ1) is 7.80. The van der Waals surface area contributed by atoms with Crippen LogP contribution >= 0.6 is 0 Å². The van der Waals surface area contributed by atoms with Crippen molar-refractivity contribution in [3.8, 4) is 0 Å². The summed E-state index contributed by atoms with van der Waals surface area (Å²) in [7, 11) is 0. The molecule has 0 radical (unpaired) electrons. The van der Waals surface area contributed by atoms with Gasteiger partial charge in [0.05, 0.1) is 13.3 Å². The molecule has 0 saturated heterocycles. The summed E-state index contributed by atoms with van der Waals surface area (Å²) in [6.07, 6.45) is 0. The van der Waals surface area contributed by atoms with E-state index < -0.39 is 19.2 Å². The Balaban J connectivity index is 3.11. The maximum atomic E-state index is 8.09. The number of aliphatic hydroxyl groups excluding tert-OH is 1. The monoisotopic (exact) mass is 123 g/mol. The lowest BCUT2D eigenvalue weighted by Crippen LogP contribution is -2.40. The van der Waals surface area contributed by atoms with Gasteiger partial charge >= 0.3 is 0 Å².